The van der Waals surface area contributed by atoms with Crippen molar-refractivity contribution in [1.29, 1.82) is 0 Å². The summed E-state index contributed by atoms with van der Waals surface area (Å²) < 4.78 is 26.0. The predicted octanol–water partition coefficient (Wildman–Crippen LogP) is 4.05. The molecule has 0 spiro atoms. The smallest absolute Gasteiger partial charge is 0.233 e. The van der Waals surface area contributed by atoms with E-state index in [1.165, 1.54) is 0 Å². The fourth-order valence-electron chi connectivity index (χ4n) is 3.88. The summed E-state index contributed by atoms with van der Waals surface area (Å²) in [6.45, 7) is 6.01. The summed E-state index contributed by atoms with van der Waals surface area (Å²) in [6.07, 6.45) is 0.633. The van der Waals surface area contributed by atoms with Crippen LogP contribution in [0.4, 0.5) is 5.82 Å². The first-order chi connectivity index (χ1) is 14.3. The van der Waals surface area contributed by atoms with Gasteiger partial charge in [-0.15, -0.1) is 0 Å². The first-order valence-electron chi connectivity index (χ1n) is 10.0. The van der Waals surface area contributed by atoms with Gasteiger partial charge in [-0.05, 0) is 49.1 Å². The van der Waals surface area contributed by atoms with Gasteiger partial charge in [0.1, 0.15) is 5.82 Å². The van der Waals surface area contributed by atoms with Crippen LogP contribution in [-0.4, -0.2) is 24.1 Å². The highest BCUT2D eigenvalue weighted by Gasteiger charge is 2.34. The Morgan fingerprint density at radius 1 is 1.10 bits per heavy atom. The molecule has 0 fully saturated rings. The minimum atomic E-state index is -3.24. The van der Waals surface area contributed by atoms with Crippen molar-refractivity contribution < 1.29 is 13.2 Å². The number of hydrogen-bond donors (Lipinski definition) is 1. The van der Waals surface area contributed by atoms with E-state index in [2.05, 4.69) is 10.4 Å². The second-order valence-corrected chi connectivity index (χ2v) is 9.91. The lowest BCUT2D eigenvalue weighted by molar-refractivity contribution is -0.117. The fraction of sp³-hybridized carbons (Fsp3) is 0.304. The normalized spacial score (nSPS) is 15.6. The Morgan fingerprint density at radius 2 is 1.83 bits per heavy atom. The molecule has 1 amide bonds. The number of amides is 1. The summed E-state index contributed by atoms with van der Waals surface area (Å²) in [5.74, 6) is -0.249. The molecule has 7 heteroatoms. The molecule has 1 aliphatic rings. The Kier molecular flexibility index (Phi) is 5.24. The van der Waals surface area contributed by atoms with E-state index >= 15 is 0 Å². The van der Waals surface area contributed by atoms with E-state index in [1.54, 1.807) is 4.68 Å². The lowest BCUT2D eigenvalue weighted by Crippen LogP contribution is -2.23. The van der Waals surface area contributed by atoms with E-state index in [4.69, 9.17) is 0 Å². The standard InChI is InChI=1S/C23H25N3O3S/c1-4-19(17-8-6-5-7-9-17)23(27)24-22-20-13-30(28,29)14-21(20)25-26(22)18-11-10-15(2)16(3)12-18/h5-12,19H,4,13-14H2,1-3H3,(H,24,27)/t19-/m1/s1. The number of hydrogen-bond acceptors (Lipinski definition) is 4. The lowest BCUT2D eigenvalue weighted by atomic mass is 9.95. The molecular weight excluding hydrogens is 398 g/mol. The fourth-order valence-corrected chi connectivity index (χ4v) is 5.37. The number of carbonyl (C=O) groups is 1. The number of aryl methyl sites for hydroxylation is 2. The zero-order chi connectivity index (χ0) is 21.5. The highest BCUT2D eigenvalue weighted by molar-refractivity contribution is 7.90. The van der Waals surface area contributed by atoms with Crippen LogP contribution in [0.25, 0.3) is 5.69 Å². The van der Waals surface area contributed by atoms with Gasteiger partial charge in [-0.25, -0.2) is 13.1 Å². The number of nitrogens with one attached hydrogen (secondary N) is 1. The van der Waals surface area contributed by atoms with Gasteiger partial charge in [0.05, 0.1) is 28.8 Å². The molecule has 0 saturated heterocycles. The third-order valence-electron chi connectivity index (χ3n) is 5.69. The SMILES string of the molecule is CC[C@@H](C(=O)Nc1c2c(nn1-c1ccc(C)c(C)c1)CS(=O)(=O)C2)c1ccccc1. The molecule has 1 aromatic heterocycles. The van der Waals surface area contributed by atoms with Crippen molar-refractivity contribution in [3.63, 3.8) is 0 Å². The van der Waals surface area contributed by atoms with Gasteiger partial charge >= 0.3 is 0 Å². The van der Waals surface area contributed by atoms with E-state index in [9.17, 15) is 13.2 Å². The van der Waals surface area contributed by atoms with Crippen molar-refractivity contribution in [3.8, 4) is 5.69 Å². The average molecular weight is 424 g/mol. The van der Waals surface area contributed by atoms with Crippen LogP contribution in [0, 0.1) is 13.8 Å². The number of benzene rings is 2. The Bertz CT molecular complexity index is 1210. The number of aromatic nitrogens is 2. The predicted molar refractivity (Wildman–Crippen MR) is 117 cm³/mol. The average Bonchev–Trinajstić information content (AvgIpc) is 3.18. The highest BCUT2D eigenvalue weighted by atomic mass is 32.2. The van der Waals surface area contributed by atoms with Crippen LogP contribution in [0.5, 0.6) is 0 Å². The minimum absolute atomic E-state index is 0.0983. The van der Waals surface area contributed by atoms with E-state index in [0.29, 0.717) is 23.5 Å². The second kappa shape index (κ2) is 7.72. The van der Waals surface area contributed by atoms with Gasteiger partial charge in [0.25, 0.3) is 0 Å². The molecule has 0 radical (unpaired) electrons. The van der Waals surface area contributed by atoms with Gasteiger partial charge in [-0.3, -0.25) is 4.79 Å². The van der Waals surface area contributed by atoms with Crippen LogP contribution >= 0.6 is 0 Å². The Hall–Kier alpha value is -2.93. The Balaban J connectivity index is 1.76. The van der Waals surface area contributed by atoms with Gasteiger partial charge in [0, 0.05) is 5.56 Å². The van der Waals surface area contributed by atoms with Crippen LogP contribution < -0.4 is 5.32 Å². The van der Waals surface area contributed by atoms with Crippen molar-refractivity contribution >= 4 is 21.6 Å². The lowest BCUT2D eigenvalue weighted by Gasteiger charge is -2.17. The molecule has 6 nitrogen and oxygen atoms in total. The third kappa shape index (κ3) is 3.77. The van der Waals surface area contributed by atoms with Crippen molar-refractivity contribution in [3.05, 3.63) is 76.5 Å². The van der Waals surface area contributed by atoms with Gasteiger partial charge in [-0.1, -0.05) is 43.3 Å². The summed E-state index contributed by atoms with van der Waals surface area (Å²) in [5, 5.41) is 7.57. The number of carbonyl (C=O) groups excluding carboxylic acids is 1. The number of nitrogens with zero attached hydrogens (tertiary/aromatic N) is 2. The topological polar surface area (TPSA) is 81.1 Å². The van der Waals surface area contributed by atoms with E-state index in [0.717, 1.165) is 22.4 Å². The highest BCUT2D eigenvalue weighted by Crippen LogP contribution is 2.34. The summed E-state index contributed by atoms with van der Waals surface area (Å²) in [6, 6.07) is 15.5. The maximum atomic E-state index is 13.2. The number of anilines is 1. The van der Waals surface area contributed by atoms with Crippen LogP contribution in [0.1, 0.15) is 47.2 Å². The third-order valence-corrected chi connectivity index (χ3v) is 7.13. The number of sulfone groups is 1. The van der Waals surface area contributed by atoms with Crippen LogP contribution in [0.2, 0.25) is 0 Å². The molecule has 30 heavy (non-hydrogen) atoms. The molecule has 156 valence electrons. The van der Waals surface area contributed by atoms with Crippen LogP contribution in [0.3, 0.4) is 0 Å². The summed E-state index contributed by atoms with van der Waals surface area (Å²) in [4.78, 5) is 13.2. The van der Waals surface area contributed by atoms with Gasteiger partial charge in [0.2, 0.25) is 5.91 Å². The van der Waals surface area contributed by atoms with E-state index in [1.807, 2.05) is 69.3 Å². The molecule has 0 aliphatic carbocycles. The molecule has 0 saturated carbocycles. The summed E-state index contributed by atoms with van der Waals surface area (Å²) in [5.41, 5.74) is 5.08. The second-order valence-electron chi connectivity index (χ2n) is 7.85. The molecule has 2 heterocycles. The molecule has 2 aromatic carbocycles. The zero-order valence-corrected chi connectivity index (χ0v) is 18.2. The summed E-state index contributed by atoms with van der Waals surface area (Å²) in [7, 11) is -3.24. The maximum absolute atomic E-state index is 13.2. The quantitative estimate of drug-likeness (QED) is 0.671. The molecule has 1 aliphatic heterocycles. The van der Waals surface area contributed by atoms with Crippen molar-refractivity contribution in [2.45, 2.75) is 44.6 Å². The molecule has 4 rings (SSSR count). The minimum Gasteiger partial charge on any atom is -0.310 e. The monoisotopic (exact) mass is 423 g/mol. The van der Waals surface area contributed by atoms with Crippen LogP contribution in [0.15, 0.2) is 48.5 Å². The molecular formula is C23H25N3O3S. The molecule has 3 aromatic rings. The molecule has 0 bridgehead atoms. The Morgan fingerprint density at radius 3 is 2.50 bits per heavy atom. The number of rotatable bonds is 5. The maximum Gasteiger partial charge on any atom is 0.233 e. The molecule has 0 unspecified atom stereocenters. The zero-order valence-electron chi connectivity index (χ0n) is 17.3. The first-order valence-corrected chi connectivity index (χ1v) is 11.9. The molecule has 1 atom stereocenters. The van der Waals surface area contributed by atoms with Gasteiger partial charge < -0.3 is 5.32 Å². The van der Waals surface area contributed by atoms with Crippen molar-refractivity contribution in [2.24, 2.45) is 0 Å². The summed E-state index contributed by atoms with van der Waals surface area (Å²) >= 11 is 0. The van der Waals surface area contributed by atoms with Crippen LogP contribution in [-0.2, 0) is 26.1 Å². The first kappa shape index (κ1) is 20.3. The number of fused-ring (bicyclic) bond motifs is 1. The van der Waals surface area contributed by atoms with Crippen molar-refractivity contribution in [2.75, 3.05) is 5.32 Å². The Labute approximate surface area is 176 Å². The van der Waals surface area contributed by atoms with Gasteiger partial charge in [0.15, 0.2) is 9.84 Å². The van der Waals surface area contributed by atoms with E-state index in [-0.39, 0.29) is 23.3 Å². The van der Waals surface area contributed by atoms with Gasteiger partial charge in [-0.2, -0.15) is 5.10 Å². The largest absolute Gasteiger partial charge is 0.310 e. The van der Waals surface area contributed by atoms with Crippen molar-refractivity contribution in [1.82, 2.24) is 9.78 Å². The van der Waals surface area contributed by atoms with E-state index < -0.39 is 9.84 Å². The molecule has 1 N–H and O–H groups in total.